The van der Waals surface area contributed by atoms with Gasteiger partial charge in [-0.1, -0.05) is 6.92 Å². The largest absolute Gasteiger partial charge is 0.371 e. The Hall–Kier alpha value is -2.15. The predicted octanol–water partition coefficient (Wildman–Crippen LogP) is 7.35. The van der Waals surface area contributed by atoms with Crippen LogP contribution in [0.15, 0.2) is 29.2 Å². The summed E-state index contributed by atoms with van der Waals surface area (Å²) in [5.41, 5.74) is 5.24. The number of hydrogen-bond acceptors (Lipinski definition) is 4. The van der Waals surface area contributed by atoms with Crippen molar-refractivity contribution in [3.8, 4) is 0 Å². The number of aromatic nitrogens is 1. The molecule has 2 saturated carbocycles. The van der Waals surface area contributed by atoms with E-state index in [-0.39, 0.29) is 24.7 Å². The Labute approximate surface area is 211 Å². The van der Waals surface area contributed by atoms with E-state index in [1.54, 1.807) is 17.8 Å². The maximum atomic E-state index is 13.8. The van der Waals surface area contributed by atoms with E-state index in [4.69, 9.17) is 0 Å². The number of rotatable bonds is 6. The summed E-state index contributed by atoms with van der Waals surface area (Å²) in [6.07, 6.45) is 5.22. The first-order valence-corrected chi connectivity index (χ1v) is 13.9. The van der Waals surface area contributed by atoms with Gasteiger partial charge in [0.05, 0.1) is 11.3 Å². The van der Waals surface area contributed by atoms with Crippen LogP contribution in [0.4, 0.5) is 20.2 Å². The number of benzene rings is 1. The Morgan fingerprint density at radius 2 is 1.86 bits per heavy atom. The number of carbonyl (C=O) groups is 1. The molecule has 1 atom stereocenters. The van der Waals surface area contributed by atoms with Gasteiger partial charge in [-0.15, -0.1) is 11.8 Å². The van der Waals surface area contributed by atoms with Crippen molar-refractivity contribution in [1.29, 1.82) is 0 Å². The van der Waals surface area contributed by atoms with Crippen molar-refractivity contribution in [2.75, 3.05) is 29.1 Å². The van der Waals surface area contributed by atoms with Crippen LogP contribution in [-0.4, -0.2) is 35.7 Å². The van der Waals surface area contributed by atoms with Crippen LogP contribution in [-0.2, 0) is 0 Å². The average Bonchev–Trinajstić information content (AvgIpc) is 3.44. The third-order valence-electron chi connectivity index (χ3n) is 8.00. The minimum atomic E-state index is -2.63. The second kappa shape index (κ2) is 9.38. The van der Waals surface area contributed by atoms with Crippen molar-refractivity contribution in [3.05, 3.63) is 46.8 Å². The SMILES string of the molecule is CCSc1cc(C)c(C(=O)Nc2cc(C)nc(C3CCC(F)(F)C3)c2)c(N2CCC3(CC2)CC3)c1. The van der Waals surface area contributed by atoms with Crippen LogP contribution >= 0.6 is 11.8 Å². The molecule has 3 fully saturated rings. The van der Waals surface area contributed by atoms with Crippen molar-refractivity contribution in [1.82, 2.24) is 4.98 Å². The lowest BCUT2D eigenvalue weighted by atomic mass is 9.92. The second-order valence-electron chi connectivity index (χ2n) is 10.7. The van der Waals surface area contributed by atoms with E-state index in [0.29, 0.717) is 28.8 Å². The quantitative estimate of drug-likeness (QED) is 0.422. The number of alkyl halides is 2. The number of amides is 1. The molecule has 5 rings (SSSR count). The Balaban J connectivity index is 1.42. The van der Waals surface area contributed by atoms with Crippen LogP contribution in [0.3, 0.4) is 0 Å². The normalized spacial score (nSPS) is 22.4. The molecule has 7 heteroatoms. The molecule has 1 unspecified atom stereocenters. The number of anilines is 2. The van der Waals surface area contributed by atoms with Crippen LogP contribution in [0.1, 0.15) is 85.1 Å². The highest BCUT2D eigenvalue weighted by Gasteiger charge is 2.45. The first kappa shape index (κ1) is 24.5. The number of carbonyl (C=O) groups excluding carboxylic acids is 1. The molecule has 35 heavy (non-hydrogen) atoms. The van der Waals surface area contributed by atoms with Crippen molar-refractivity contribution >= 4 is 29.0 Å². The summed E-state index contributed by atoms with van der Waals surface area (Å²) in [7, 11) is 0. The molecular weight excluding hydrogens is 464 g/mol. The summed E-state index contributed by atoms with van der Waals surface area (Å²) in [5.74, 6) is -2.07. The summed E-state index contributed by atoms with van der Waals surface area (Å²) >= 11 is 1.79. The molecule has 1 aliphatic heterocycles. The Morgan fingerprint density at radius 3 is 2.49 bits per heavy atom. The summed E-state index contributed by atoms with van der Waals surface area (Å²) in [6, 6.07) is 7.88. The molecular formula is C28H35F2N3OS. The number of halogens is 2. The molecule has 2 aromatic rings. The van der Waals surface area contributed by atoms with Crippen molar-refractivity contribution in [3.63, 3.8) is 0 Å². The number of hydrogen-bond donors (Lipinski definition) is 1. The van der Waals surface area contributed by atoms with E-state index in [2.05, 4.69) is 34.3 Å². The first-order valence-electron chi connectivity index (χ1n) is 12.9. The Kier molecular flexibility index (Phi) is 6.58. The third-order valence-corrected chi connectivity index (χ3v) is 8.86. The number of aryl methyl sites for hydroxylation is 2. The molecule has 2 heterocycles. The molecule has 1 aromatic heterocycles. The van der Waals surface area contributed by atoms with Gasteiger partial charge >= 0.3 is 0 Å². The van der Waals surface area contributed by atoms with Gasteiger partial charge in [-0.25, -0.2) is 8.78 Å². The molecule has 0 bridgehead atoms. The molecule has 1 N–H and O–H groups in total. The zero-order valence-corrected chi connectivity index (χ0v) is 21.7. The van der Waals surface area contributed by atoms with E-state index < -0.39 is 5.92 Å². The Morgan fingerprint density at radius 1 is 1.11 bits per heavy atom. The van der Waals surface area contributed by atoms with Crippen molar-refractivity contribution in [2.45, 2.75) is 82.5 Å². The molecule has 3 aliphatic rings. The van der Waals surface area contributed by atoms with Crippen LogP contribution < -0.4 is 10.2 Å². The summed E-state index contributed by atoms with van der Waals surface area (Å²) < 4.78 is 27.6. The van der Waals surface area contributed by atoms with Crippen molar-refractivity contribution in [2.24, 2.45) is 5.41 Å². The summed E-state index contributed by atoms with van der Waals surface area (Å²) in [6.45, 7) is 7.96. The van der Waals surface area contributed by atoms with Gasteiger partial charge < -0.3 is 10.2 Å². The Bertz CT molecular complexity index is 1120. The highest BCUT2D eigenvalue weighted by Crippen LogP contribution is 2.54. The van der Waals surface area contributed by atoms with Gasteiger partial charge in [0.15, 0.2) is 0 Å². The number of pyridine rings is 1. The standard InChI is InChI=1S/C28H35F2N3OS/c1-4-35-22-13-18(2)25(24(16-22)33-11-9-27(7-8-27)10-12-33)26(34)32-21-14-19(3)31-23(15-21)20-5-6-28(29,30)17-20/h13-16,20H,4-12,17H2,1-3H3,(H,31,32,34). The van der Waals surface area contributed by atoms with Gasteiger partial charge in [-0.05, 0) is 86.9 Å². The van der Waals surface area contributed by atoms with Crippen LogP contribution in [0, 0.1) is 19.3 Å². The number of nitrogens with one attached hydrogen (secondary N) is 1. The van der Waals surface area contributed by atoms with Gasteiger partial charge in [0, 0.05) is 53.8 Å². The molecule has 4 nitrogen and oxygen atoms in total. The van der Waals surface area contributed by atoms with Crippen molar-refractivity contribution < 1.29 is 13.6 Å². The van der Waals surface area contributed by atoms with Gasteiger partial charge in [0.25, 0.3) is 5.91 Å². The van der Waals surface area contributed by atoms with Crippen LogP contribution in [0.25, 0.3) is 0 Å². The molecule has 0 radical (unpaired) electrons. The number of nitrogens with zero attached hydrogens (tertiary/aromatic N) is 2. The zero-order chi connectivity index (χ0) is 24.8. The monoisotopic (exact) mass is 499 g/mol. The fourth-order valence-electron chi connectivity index (χ4n) is 5.80. The zero-order valence-electron chi connectivity index (χ0n) is 20.9. The predicted molar refractivity (Wildman–Crippen MR) is 139 cm³/mol. The fraction of sp³-hybridized carbons (Fsp3) is 0.571. The van der Waals surface area contributed by atoms with Crippen LogP contribution in [0.5, 0.6) is 0 Å². The van der Waals surface area contributed by atoms with Gasteiger partial charge in [0.2, 0.25) is 5.92 Å². The molecule has 2 aliphatic carbocycles. The molecule has 1 saturated heterocycles. The molecule has 1 amide bonds. The lowest BCUT2D eigenvalue weighted by Crippen LogP contribution is -2.36. The van der Waals surface area contributed by atoms with E-state index in [1.165, 1.54) is 30.6 Å². The van der Waals surface area contributed by atoms with E-state index >= 15 is 0 Å². The molecule has 188 valence electrons. The highest BCUT2D eigenvalue weighted by atomic mass is 32.2. The number of piperidine rings is 1. The number of thioether (sulfide) groups is 1. The van der Waals surface area contributed by atoms with Gasteiger partial charge in [-0.2, -0.15) is 0 Å². The van der Waals surface area contributed by atoms with Gasteiger partial charge in [0.1, 0.15) is 0 Å². The lowest BCUT2D eigenvalue weighted by molar-refractivity contribution is 0.00764. The smallest absolute Gasteiger partial charge is 0.258 e. The second-order valence-corrected chi connectivity index (χ2v) is 12.1. The van der Waals surface area contributed by atoms with E-state index in [9.17, 15) is 13.6 Å². The minimum Gasteiger partial charge on any atom is -0.371 e. The topological polar surface area (TPSA) is 45.2 Å². The molecule has 1 spiro atoms. The summed E-state index contributed by atoms with van der Waals surface area (Å²) in [5, 5.41) is 3.08. The van der Waals surface area contributed by atoms with E-state index in [0.717, 1.165) is 35.8 Å². The maximum Gasteiger partial charge on any atom is 0.258 e. The minimum absolute atomic E-state index is 0.100. The third kappa shape index (κ3) is 5.35. The van der Waals surface area contributed by atoms with E-state index in [1.807, 2.05) is 19.9 Å². The van der Waals surface area contributed by atoms with Gasteiger partial charge in [-0.3, -0.25) is 9.78 Å². The highest BCUT2D eigenvalue weighted by molar-refractivity contribution is 7.99. The maximum absolute atomic E-state index is 13.8. The molecule has 1 aromatic carbocycles. The fourth-order valence-corrected chi connectivity index (χ4v) is 6.59. The lowest BCUT2D eigenvalue weighted by Gasteiger charge is -2.35. The average molecular weight is 500 g/mol. The summed E-state index contributed by atoms with van der Waals surface area (Å²) in [4.78, 5) is 21.8. The first-order chi connectivity index (χ1) is 16.7. The van der Waals surface area contributed by atoms with Crippen LogP contribution in [0.2, 0.25) is 0 Å².